The molecule has 1 aromatic carbocycles. The number of likely N-dealkylation sites (tertiary alicyclic amines) is 1. The summed E-state index contributed by atoms with van der Waals surface area (Å²) in [6.07, 6.45) is 2.39. The van der Waals surface area contributed by atoms with Gasteiger partial charge in [-0.1, -0.05) is 15.9 Å². The Morgan fingerprint density at radius 1 is 1.43 bits per heavy atom. The molecular weight excluding hydrogens is 334 g/mol. The van der Waals surface area contributed by atoms with Crippen LogP contribution in [0.3, 0.4) is 0 Å². The third-order valence-corrected chi connectivity index (χ3v) is 5.15. The summed E-state index contributed by atoms with van der Waals surface area (Å²) in [5, 5.41) is 9.29. The predicted octanol–water partition coefficient (Wildman–Crippen LogP) is 3.07. The van der Waals surface area contributed by atoms with Gasteiger partial charge in [0, 0.05) is 23.0 Å². The number of halogens is 1. The predicted molar refractivity (Wildman–Crippen MR) is 83.6 cm³/mol. The molecule has 2 aliphatic heterocycles. The molecule has 0 unspecified atom stereocenters. The molecule has 114 valence electrons. The molecule has 0 saturated carbocycles. The smallest absolute Gasteiger partial charge is 0.309 e. The van der Waals surface area contributed by atoms with E-state index in [4.69, 9.17) is 4.74 Å². The lowest BCUT2D eigenvalue weighted by atomic mass is 9.80. The first-order valence-corrected chi connectivity index (χ1v) is 8.17. The average molecular weight is 354 g/mol. The van der Waals surface area contributed by atoms with Crippen molar-refractivity contribution in [1.29, 1.82) is 0 Å². The van der Waals surface area contributed by atoms with Gasteiger partial charge in [0.15, 0.2) is 0 Å². The number of aliphatic carboxylic acids is 1. The summed E-state index contributed by atoms with van der Waals surface area (Å²) in [6.45, 7) is 5.09. The number of piperidine rings is 1. The van der Waals surface area contributed by atoms with Gasteiger partial charge < -0.3 is 9.84 Å². The SMILES string of the molecule is CC1(C(=O)O)CCN(Cc2cc(Br)cc3c2OCC3)CC1. The molecule has 1 fully saturated rings. The van der Waals surface area contributed by atoms with Crippen molar-refractivity contribution < 1.29 is 14.6 Å². The summed E-state index contributed by atoms with van der Waals surface area (Å²) < 4.78 is 6.86. The number of carbonyl (C=O) groups is 1. The van der Waals surface area contributed by atoms with Gasteiger partial charge in [-0.2, -0.15) is 0 Å². The van der Waals surface area contributed by atoms with Crippen molar-refractivity contribution in [2.24, 2.45) is 5.41 Å². The van der Waals surface area contributed by atoms with Crippen LogP contribution in [0.15, 0.2) is 16.6 Å². The van der Waals surface area contributed by atoms with Crippen LogP contribution >= 0.6 is 15.9 Å². The zero-order chi connectivity index (χ0) is 15.0. The minimum atomic E-state index is -0.672. The molecule has 21 heavy (non-hydrogen) atoms. The number of ether oxygens (including phenoxy) is 1. The Morgan fingerprint density at radius 2 is 2.14 bits per heavy atom. The van der Waals surface area contributed by atoms with Crippen molar-refractivity contribution in [2.45, 2.75) is 32.7 Å². The van der Waals surface area contributed by atoms with E-state index in [0.717, 1.165) is 42.9 Å². The zero-order valence-electron chi connectivity index (χ0n) is 12.2. The monoisotopic (exact) mass is 353 g/mol. The summed E-state index contributed by atoms with van der Waals surface area (Å²) in [5.41, 5.74) is 1.91. The third kappa shape index (κ3) is 2.94. The number of hydrogen-bond donors (Lipinski definition) is 1. The molecule has 0 spiro atoms. The topological polar surface area (TPSA) is 49.8 Å². The van der Waals surface area contributed by atoms with E-state index in [1.165, 1.54) is 11.1 Å². The highest BCUT2D eigenvalue weighted by Crippen LogP contribution is 2.36. The lowest BCUT2D eigenvalue weighted by Gasteiger charge is -2.36. The number of nitrogens with zero attached hydrogens (tertiary/aromatic N) is 1. The standard InChI is InChI=1S/C16H20BrNO3/c1-16(15(19)20)3-5-18(6-4-16)10-12-9-13(17)8-11-2-7-21-14(11)12/h8-9H,2-7,10H2,1H3,(H,19,20). The Kier molecular flexibility index (Phi) is 3.97. The highest BCUT2D eigenvalue weighted by Gasteiger charge is 2.37. The minimum Gasteiger partial charge on any atom is -0.493 e. The first-order chi connectivity index (χ1) is 9.98. The molecule has 0 amide bonds. The highest BCUT2D eigenvalue weighted by molar-refractivity contribution is 9.10. The molecule has 0 atom stereocenters. The van der Waals surface area contributed by atoms with Crippen LogP contribution in [0, 0.1) is 5.41 Å². The first kappa shape index (κ1) is 14.9. The van der Waals surface area contributed by atoms with E-state index in [0.29, 0.717) is 12.8 Å². The van der Waals surface area contributed by atoms with Crippen LogP contribution in [0.25, 0.3) is 0 Å². The maximum absolute atomic E-state index is 11.3. The normalized spacial score (nSPS) is 20.9. The average Bonchev–Trinajstić information content (AvgIpc) is 2.89. The van der Waals surface area contributed by atoms with Crippen molar-refractivity contribution in [3.8, 4) is 5.75 Å². The van der Waals surface area contributed by atoms with Crippen LogP contribution in [0.2, 0.25) is 0 Å². The Balaban J connectivity index is 1.71. The number of hydrogen-bond acceptors (Lipinski definition) is 3. The number of carboxylic acid groups (broad SMARTS) is 1. The molecule has 0 aromatic heterocycles. The summed E-state index contributed by atoms with van der Waals surface area (Å²) >= 11 is 3.57. The summed E-state index contributed by atoms with van der Waals surface area (Å²) in [6, 6.07) is 4.25. The molecule has 1 aromatic rings. The van der Waals surface area contributed by atoms with Gasteiger partial charge in [-0.3, -0.25) is 9.69 Å². The van der Waals surface area contributed by atoms with E-state index < -0.39 is 11.4 Å². The second-order valence-corrected chi connectivity index (χ2v) is 7.21. The van der Waals surface area contributed by atoms with E-state index in [1.54, 1.807) is 0 Å². The number of carboxylic acids is 1. The quantitative estimate of drug-likeness (QED) is 0.907. The summed E-state index contributed by atoms with van der Waals surface area (Å²) in [4.78, 5) is 13.6. The highest BCUT2D eigenvalue weighted by atomic mass is 79.9. The van der Waals surface area contributed by atoms with Crippen molar-refractivity contribution in [2.75, 3.05) is 19.7 Å². The lowest BCUT2D eigenvalue weighted by molar-refractivity contribution is -0.150. The van der Waals surface area contributed by atoms with Gasteiger partial charge in [0.25, 0.3) is 0 Å². The molecule has 5 heteroatoms. The number of benzene rings is 1. The van der Waals surface area contributed by atoms with E-state index in [2.05, 4.69) is 33.0 Å². The Hall–Kier alpha value is -1.07. The molecule has 2 heterocycles. The van der Waals surface area contributed by atoms with Gasteiger partial charge in [0.2, 0.25) is 0 Å². The van der Waals surface area contributed by atoms with Gasteiger partial charge in [-0.25, -0.2) is 0 Å². The molecule has 0 radical (unpaired) electrons. The third-order valence-electron chi connectivity index (χ3n) is 4.70. The van der Waals surface area contributed by atoms with Crippen molar-refractivity contribution in [3.63, 3.8) is 0 Å². The van der Waals surface area contributed by atoms with Gasteiger partial charge in [0.05, 0.1) is 12.0 Å². The van der Waals surface area contributed by atoms with Crippen LogP contribution in [0.1, 0.15) is 30.9 Å². The fourth-order valence-electron chi connectivity index (χ4n) is 3.12. The Labute approximate surface area is 133 Å². The molecule has 3 rings (SSSR count). The summed E-state index contributed by atoms with van der Waals surface area (Å²) in [5.74, 6) is 0.360. The molecule has 2 aliphatic rings. The van der Waals surface area contributed by atoms with Crippen LogP contribution in [0.5, 0.6) is 5.75 Å². The Bertz CT molecular complexity index is 565. The van der Waals surface area contributed by atoms with E-state index in [-0.39, 0.29) is 0 Å². The van der Waals surface area contributed by atoms with Crippen LogP contribution in [-0.2, 0) is 17.8 Å². The largest absolute Gasteiger partial charge is 0.493 e. The van der Waals surface area contributed by atoms with Gasteiger partial charge >= 0.3 is 5.97 Å². The minimum absolute atomic E-state index is 0.563. The number of fused-ring (bicyclic) bond motifs is 1. The van der Waals surface area contributed by atoms with Crippen molar-refractivity contribution in [3.05, 3.63) is 27.7 Å². The molecular formula is C16H20BrNO3. The maximum Gasteiger partial charge on any atom is 0.309 e. The maximum atomic E-state index is 11.3. The lowest BCUT2D eigenvalue weighted by Crippen LogP contribution is -2.42. The molecule has 0 aliphatic carbocycles. The van der Waals surface area contributed by atoms with Crippen LogP contribution < -0.4 is 4.74 Å². The Morgan fingerprint density at radius 3 is 2.81 bits per heavy atom. The van der Waals surface area contributed by atoms with Crippen molar-refractivity contribution >= 4 is 21.9 Å². The number of rotatable bonds is 3. The molecule has 0 bridgehead atoms. The zero-order valence-corrected chi connectivity index (χ0v) is 13.8. The van der Waals surface area contributed by atoms with Gasteiger partial charge in [0.1, 0.15) is 5.75 Å². The van der Waals surface area contributed by atoms with Gasteiger partial charge in [-0.15, -0.1) is 0 Å². The van der Waals surface area contributed by atoms with E-state index in [9.17, 15) is 9.90 Å². The van der Waals surface area contributed by atoms with Crippen LogP contribution in [-0.4, -0.2) is 35.7 Å². The van der Waals surface area contributed by atoms with Crippen LogP contribution in [0.4, 0.5) is 0 Å². The molecule has 1 N–H and O–H groups in total. The van der Waals surface area contributed by atoms with Crippen molar-refractivity contribution in [1.82, 2.24) is 4.90 Å². The second-order valence-electron chi connectivity index (χ2n) is 6.29. The van der Waals surface area contributed by atoms with Gasteiger partial charge in [-0.05, 0) is 50.6 Å². The first-order valence-electron chi connectivity index (χ1n) is 7.38. The van der Waals surface area contributed by atoms with E-state index in [1.807, 2.05) is 6.92 Å². The fourth-order valence-corrected chi connectivity index (χ4v) is 3.68. The fraction of sp³-hybridized carbons (Fsp3) is 0.562. The molecule has 1 saturated heterocycles. The molecule has 4 nitrogen and oxygen atoms in total. The second kappa shape index (κ2) is 5.61. The summed E-state index contributed by atoms with van der Waals surface area (Å²) in [7, 11) is 0. The van der Waals surface area contributed by atoms with E-state index >= 15 is 0 Å².